The zero-order chi connectivity index (χ0) is 11.5. The molecule has 15 heavy (non-hydrogen) atoms. The molecule has 2 nitrogen and oxygen atoms in total. The van der Waals surface area contributed by atoms with Crippen LogP contribution in [0.2, 0.25) is 5.02 Å². The summed E-state index contributed by atoms with van der Waals surface area (Å²) in [5.74, 6) is -0.542. The van der Waals surface area contributed by atoms with Gasteiger partial charge in [0.15, 0.2) is 5.78 Å². The average Bonchev–Trinajstić information content (AvgIpc) is 2.48. The molecule has 0 spiro atoms. The van der Waals surface area contributed by atoms with Gasteiger partial charge in [-0.3, -0.25) is 4.79 Å². The number of carbonyl (C=O) groups is 1. The van der Waals surface area contributed by atoms with Crippen LogP contribution in [0.1, 0.15) is 9.67 Å². The van der Waals surface area contributed by atoms with Gasteiger partial charge in [-0.25, -0.2) is 0 Å². The number of carbonyl (C=O) groups excluding carboxylic acids is 1. The Morgan fingerprint density at radius 1 is 1.53 bits per heavy atom. The molecular formula is C8H6ClF3O2S. The van der Waals surface area contributed by atoms with Gasteiger partial charge in [-0.05, 0) is 11.4 Å². The quantitative estimate of drug-likeness (QED) is 0.776. The normalized spacial score (nSPS) is 11.7. The van der Waals surface area contributed by atoms with Crippen molar-refractivity contribution >= 4 is 28.7 Å². The van der Waals surface area contributed by atoms with Crippen molar-refractivity contribution in [3.8, 4) is 0 Å². The van der Waals surface area contributed by atoms with Gasteiger partial charge >= 0.3 is 6.18 Å². The molecule has 0 aliphatic carbocycles. The lowest BCUT2D eigenvalue weighted by atomic mass is 10.3. The number of thiophene rings is 1. The molecule has 0 saturated carbocycles. The van der Waals surface area contributed by atoms with Crippen LogP contribution in [0.5, 0.6) is 0 Å². The van der Waals surface area contributed by atoms with Gasteiger partial charge in [-0.2, -0.15) is 13.2 Å². The van der Waals surface area contributed by atoms with Crippen LogP contribution in [-0.2, 0) is 4.74 Å². The molecule has 0 aromatic carbocycles. The monoisotopic (exact) mass is 258 g/mol. The van der Waals surface area contributed by atoms with Gasteiger partial charge in [0, 0.05) is 0 Å². The molecule has 0 aliphatic heterocycles. The number of halogens is 4. The largest absolute Gasteiger partial charge is 0.411 e. The molecule has 1 aromatic rings. The number of rotatable bonds is 4. The molecule has 0 amide bonds. The molecule has 1 rings (SSSR count). The summed E-state index contributed by atoms with van der Waals surface area (Å²) in [6.07, 6.45) is -4.42. The van der Waals surface area contributed by atoms with E-state index >= 15 is 0 Å². The van der Waals surface area contributed by atoms with E-state index in [9.17, 15) is 18.0 Å². The standard InChI is InChI=1S/C8H6ClF3O2S/c9-5-1-2-15-7(5)6(13)3-14-4-8(10,11)12/h1-2H,3-4H2. The van der Waals surface area contributed by atoms with E-state index in [0.717, 1.165) is 11.3 Å². The third-order valence-corrected chi connectivity index (χ3v) is 2.75. The molecule has 0 N–H and O–H groups in total. The van der Waals surface area contributed by atoms with Gasteiger partial charge in [0.2, 0.25) is 0 Å². The zero-order valence-corrected chi connectivity index (χ0v) is 8.88. The number of hydrogen-bond acceptors (Lipinski definition) is 3. The third kappa shape index (κ3) is 4.19. The molecule has 1 heterocycles. The second-order valence-electron chi connectivity index (χ2n) is 2.63. The summed E-state index contributed by atoms with van der Waals surface area (Å²) in [7, 11) is 0. The summed E-state index contributed by atoms with van der Waals surface area (Å²) < 4.78 is 39.2. The van der Waals surface area contributed by atoms with Gasteiger partial charge in [-0.15, -0.1) is 11.3 Å². The van der Waals surface area contributed by atoms with E-state index < -0.39 is 25.2 Å². The highest BCUT2D eigenvalue weighted by atomic mass is 35.5. The predicted octanol–water partition coefficient (Wildman–Crippen LogP) is 3.16. The van der Waals surface area contributed by atoms with Crippen LogP contribution in [0, 0.1) is 0 Å². The first-order valence-electron chi connectivity index (χ1n) is 3.81. The van der Waals surface area contributed by atoms with Gasteiger partial charge in [-0.1, -0.05) is 11.6 Å². The fourth-order valence-corrected chi connectivity index (χ4v) is 1.91. The molecule has 84 valence electrons. The van der Waals surface area contributed by atoms with Crippen LogP contribution >= 0.6 is 22.9 Å². The Morgan fingerprint density at radius 2 is 2.20 bits per heavy atom. The summed E-state index contributed by atoms with van der Waals surface area (Å²) in [6, 6.07) is 1.50. The Labute approximate surface area is 92.6 Å². The first kappa shape index (κ1) is 12.5. The van der Waals surface area contributed by atoms with Crippen molar-refractivity contribution in [2.24, 2.45) is 0 Å². The van der Waals surface area contributed by atoms with Crippen molar-refractivity contribution < 1.29 is 22.7 Å². The van der Waals surface area contributed by atoms with E-state index in [-0.39, 0.29) is 9.90 Å². The van der Waals surface area contributed by atoms with E-state index in [1.54, 1.807) is 5.38 Å². The minimum absolute atomic E-state index is 0.221. The maximum atomic E-state index is 11.7. The first-order chi connectivity index (χ1) is 6.90. The van der Waals surface area contributed by atoms with Crippen LogP contribution in [-0.4, -0.2) is 25.2 Å². The lowest BCUT2D eigenvalue weighted by Gasteiger charge is -2.06. The fraction of sp³-hybridized carbons (Fsp3) is 0.375. The molecule has 0 saturated heterocycles. The van der Waals surface area contributed by atoms with Crippen LogP contribution in [0.4, 0.5) is 13.2 Å². The molecule has 0 aliphatic rings. The summed E-state index contributed by atoms with van der Waals surface area (Å²) >= 11 is 6.69. The predicted molar refractivity (Wildman–Crippen MR) is 50.5 cm³/mol. The SMILES string of the molecule is O=C(COCC(F)(F)F)c1sccc1Cl. The molecular weight excluding hydrogens is 253 g/mol. The number of Topliss-reactive ketones (excluding diaryl/α,β-unsaturated/α-hetero) is 1. The number of ketones is 1. The van der Waals surface area contributed by atoms with Gasteiger partial charge in [0.1, 0.15) is 13.2 Å². The highest BCUT2D eigenvalue weighted by Gasteiger charge is 2.28. The van der Waals surface area contributed by atoms with E-state index in [2.05, 4.69) is 4.74 Å². The molecule has 0 bridgehead atoms. The van der Waals surface area contributed by atoms with Crippen molar-refractivity contribution in [2.45, 2.75) is 6.18 Å². The average molecular weight is 259 g/mol. The maximum absolute atomic E-state index is 11.7. The van der Waals surface area contributed by atoms with Crippen molar-refractivity contribution in [3.05, 3.63) is 21.3 Å². The van der Waals surface area contributed by atoms with Crippen LogP contribution in [0.15, 0.2) is 11.4 Å². The Hall–Kier alpha value is -0.590. The Kier molecular flexibility index (Phi) is 4.12. The van der Waals surface area contributed by atoms with Crippen LogP contribution < -0.4 is 0 Å². The minimum atomic E-state index is -4.42. The number of alkyl halides is 3. The van der Waals surface area contributed by atoms with E-state index in [1.807, 2.05) is 0 Å². The van der Waals surface area contributed by atoms with E-state index in [4.69, 9.17) is 11.6 Å². The van der Waals surface area contributed by atoms with Crippen LogP contribution in [0.25, 0.3) is 0 Å². The number of hydrogen-bond donors (Lipinski definition) is 0. The topological polar surface area (TPSA) is 26.3 Å². The second kappa shape index (κ2) is 4.96. The fourth-order valence-electron chi connectivity index (χ4n) is 0.818. The summed E-state index contributed by atoms with van der Waals surface area (Å²) in [6.45, 7) is -2.04. The van der Waals surface area contributed by atoms with Crippen molar-refractivity contribution in [3.63, 3.8) is 0 Å². The summed E-state index contributed by atoms with van der Waals surface area (Å²) in [4.78, 5) is 11.5. The minimum Gasteiger partial charge on any atom is -0.364 e. The molecule has 0 radical (unpaired) electrons. The summed E-state index contributed by atoms with van der Waals surface area (Å²) in [5, 5.41) is 1.82. The Balaban J connectivity index is 2.41. The van der Waals surface area contributed by atoms with Crippen molar-refractivity contribution in [1.29, 1.82) is 0 Å². The number of ether oxygens (including phenoxy) is 1. The van der Waals surface area contributed by atoms with Crippen LogP contribution in [0.3, 0.4) is 0 Å². The zero-order valence-electron chi connectivity index (χ0n) is 7.31. The van der Waals surface area contributed by atoms with E-state index in [0.29, 0.717) is 0 Å². The molecule has 1 aromatic heterocycles. The first-order valence-corrected chi connectivity index (χ1v) is 5.06. The van der Waals surface area contributed by atoms with Gasteiger partial charge < -0.3 is 4.74 Å². The Bertz CT molecular complexity index is 348. The molecule has 7 heteroatoms. The van der Waals surface area contributed by atoms with E-state index in [1.165, 1.54) is 6.07 Å². The van der Waals surface area contributed by atoms with Gasteiger partial charge in [0.05, 0.1) is 9.90 Å². The lowest BCUT2D eigenvalue weighted by Crippen LogP contribution is -2.20. The lowest BCUT2D eigenvalue weighted by molar-refractivity contribution is -0.170. The smallest absolute Gasteiger partial charge is 0.364 e. The van der Waals surface area contributed by atoms with Crippen molar-refractivity contribution in [1.82, 2.24) is 0 Å². The maximum Gasteiger partial charge on any atom is 0.411 e. The molecule has 0 unspecified atom stereocenters. The molecule has 0 atom stereocenters. The Morgan fingerprint density at radius 3 is 2.67 bits per heavy atom. The second-order valence-corrected chi connectivity index (χ2v) is 3.95. The highest BCUT2D eigenvalue weighted by Crippen LogP contribution is 2.22. The van der Waals surface area contributed by atoms with Crippen molar-refractivity contribution in [2.75, 3.05) is 13.2 Å². The summed E-state index contributed by atoms with van der Waals surface area (Å²) in [5.41, 5.74) is 0. The highest BCUT2D eigenvalue weighted by molar-refractivity contribution is 7.12. The van der Waals surface area contributed by atoms with Gasteiger partial charge in [0.25, 0.3) is 0 Å². The third-order valence-electron chi connectivity index (χ3n) is 1.37. The molecule has 0 fully saturated rings.